The first-order valence-electron chi connectivity index (χ1n) is 5.73. The molecular weight excluding hydrogens is 545 g/mol. The van der Waals surface area contributed by atoms with Crippen LogP contribution in [0, 0.1) is 0 Å². The van der Waals surface area contributed by atoms with Gasteiger partial charge in [0.2, 0.25) is 0 Å². The fourth-order valence-electron chi connectivity index (χ4n) is 1.14. The average molecular weight is 553 g/mol. The molecule has 198 valence electrons. The molecule has 0 amide bonds. The topological polar surface area (TPSA) is 128 Å². The Labute approximate surface area is 163 Å². The van der Waals surface area contributed by atoms with E-state index in [-0.39, 0.29) is 12.3 Å². The fourth-order valence-corrected chi connectivity index (χ4v) is 1.14. The van der Waals surface area contributed by atoms with Crippen LogP contribution in [-0.2, 0) is 4.57 Å². The van der Waals surface area contributed by atoms with Crippen molar-refractivity contribution in [3.05, 3.63) is 0 Å². The molecular formula is C8H8F18N2O3P+. The van der Waals surface area contributed by atoms with Crippen LogP contribution in [0.1, 0.15) is 0 Å². The van der Waals surface area contributed by atoms with Crippen LogP contribution < -0.4 is 12.3 Å². The third kappa shape index (κ3) is 5.78. The van der Waals surface area contributed by atoms with Crippen molar-refractivity contribution in [3.63, 3.8) is 0 Å². The van der Waals surface area contributed by atoms with Crippen molar-refractivity contribution in [2.75, 3.05) is 0 Å². The van der Waals surface area contributed by atoms with Gasteiger partial charge in [0.05, 0.1) is 0 Å². The lowest BCUT2D eigenvalue weighted by Crippen LogP contribution is -2.74. The number of halogens is 18. The van der Waals surface area contributed by atoms with Gasteiger partial charge < -0.3 is 12.3 Å². The van der Waals surface area contributed by atoms with Crippen LogP contribution in [0.2, 0.25) is 0 Å². The van der Waals surface area contributed by atoms with Crippen molar-refractivity contribution in [2.24, 2.45) is 0 Å². The SMILES string of the molecule is FC(F)(F)C(F)(F)C(F)(F)C(F)(F)C(F)(F)C(F)(F)C(F)(F)C(F)(F)F.N.N.O=[P+](O)O. The molecule has 0 saturated heterocycles. The highest BCUT2D eigenvalue weighted by atomic mass is 31.1. The van der Waals surface area contributed by atoms with E-state index >= 15 is 0 Å². The Morgan fingerprint density at radius 1 is 0.375 bits per heavy atom. The molecule has 0 bridgehead atoms. The van der Waals surface area contributed by atoms with Gasteiger partial charge in [0, 0.05) is 4.57 Å². The minimum absolute atomic E-state index is 0. The number of alkyl halides is 18. The van der Waals surface area contributed by atoms with Crippen molar-refractivity contribution in [1.82, 2.24) is 12.3 Å². The van der Waals surface area contributed by atoms with Gasteiger partial charge in [-0.1, -0.05) is 0 Å². The Kier molecular flexibility index (Phi) is 11.7. The highest BCUT2D eigenvalue weighted by Gasteiger charge is 2.95. The highest BCUT2D eigenvalue weighted by Crippen LogP contribution is 2.63. The zero-order valence-electron chi connectivity index (χ0n) is 14.0. The molecule has 0 aromatic carbocycles. The molecule has 0 aliphatic rings. The summed E-state index contributed by atoms with van der Waals surface area (Å²) in [5.74, 6) is -51.0. The van der Waals surface area contributed by atoms with Gasteiger partial charge in [0.15, 0.2) is 0 Å². The first-order chi connectivity index (χ1) is 12.5. The van der Waals surface area contributed by atoms with E-state index in [9.17, 15) is 79.0 Å². The second-order valence-electron chi connectivity index (χ2n) is 4.69. The first-order valence-corrected chi connectivity index (χ1v) is 6.90. The van der Waals surface area contributed by atoms with Gasteiger partial charge in [-0.05, 0) is 0 Å². The molecule has 0 heterocycles. The minimum Gasteiger partial charge on any atom is -0.344 e. The van der Waals surface area contributed by atoms with Crippen LogP contribution in [0.5, 0.6) is 0 Å². The Bertz CT molecular complexity index is 577. The van der Waals surface area contributed by atoms with Crippen LogP contribution >= 0.6 is 8.25 Å². The first kappa shape index (κ1) is 38.0. The lowest BCUT2D eigenvalue weighted by atomic mass is 9.91. The van der Waals surface area contributed by atoms with Crippen LogP contribution in [0.15, 0.2) is 0 Å². The Hall–Kier alpha value is -1.32. The molecule has 32 heavy (non-hydrogen) atoms. The van der Waals surface area contributed by atoms with E-state index in [1.54, 1.807) is 0 Å². The molecule has 5 nitrogen and oxygen atoms in total. The maximum atomic E-state index is 12.8. The van der Waals surface area contributed by atoms with Crippen molar-refractivity contribution < 1.29 is 93.4 Å². The summed E-state index contributed by atoms with van der Waals surface area (Å²) in [6, 6.07) is 0. The van der Waals surface area contributed by atoms with Gasteiger partial charge in [-0.3, -0.25) is 0 Å². The zero-order valence-corrected chi connectivity index (χ0v) is 14.9. The molecule has 8 N–H and O–H groups in total. The molecule has 0 aromatic rings. The van der Waals surface area contributed by atoms with Gasteiger partial charge >= 0.3 is 56.1 Å². The van der Waals surface area contributed by atoms with E-state index in [1.807, 2.05) is 0 Å². The maximum Gasteiger partial charge on any atom is 0.692 e. The van der Waals surface area contributed by atoms with E-state index in [0.29, 0.717) is 0 Å². The van der Waals surface area contributed by atoms with Crippen molar-refractivity contribution in [3.8, 4) is 0 Å². The molecule has 0 aliphatic heterocycles. The van der Waals surface area contributed by atoms with Crippen molar-refractivity contribution in [1.29, 1.82) is 0 Å². The van der Waals surface area contributed by atoms with Gasteiger partial charge in [0.25, 0.3) is 0 Å². The molecule has 0 spiro atoms. The quantitative estimate of drug-likeness (QED) is 0.250. The van der Waals surface area contributed by atoms with E-state index in [0.717, 1.165) is 0 Å². The average Bonchev–Trinajstić information content (AvgIpc) is 2.42. The Morgan fingerprint density at radius 2 is 0.469 bits per heavy atom. The number of rotatable bonds is 5. The van der Waals surface area contributed by atoms with Crippen LogP contribution in [0.3, 0.4) is 0 Å². The van der Waals surface area contributed by atoms with Crippen LogP contribution in [-0.4, -0.2) is 57.7 Å². The second-order valence-corrected chi connectivity index (χ2v) is 5.20. The molecule has 0 atom stereocenters. The normalized spacial score (nSPS) is 14.5. The molecule has 0 rings (SSSR count). The monoisotopic (exact) mass is 553 g/mol. The predicted molar refractivity (Wildman–Crippen MR) is 63.9 cm³/mol. The molecule has 0 fully saturated rings. The fraction of sp³-hybridized carbons (Fsp3) is 1.00. The third-order valence-electron chi connectivity index (χ3n) is 2.68. The maximum absolute atomic E-state index is 12.8. The summed E-state index contributed by atoms with van der Waals surface area (Å²) < 4.78 is 229. The summed E-state index contributed by atoms with van der Waals surface area (Å²) >= 11 is 0. The van der Waals surface area contributed by atoms with Crippen molar-refractivity contribution in [2.45, 2.75) is 47.9 Å². The van der Waals surface area contributed by atoms with Gasteiger partial charge in [-0.15, -0.1) is 9.79 Å². The molecule has 0 unspecified atom stereocenters. The molecule has 0 aliphatic carbocycles. The van der Waals surface area contributed by atoms with Gasteiger partial charge in [0.1, 0.15) is 0 Å². The molecule has 24 heteroatoms. The molecule has 0 aromatic heterocycles. The molecule has 0 radical (unpaired) electrons. The number of hydrogen-bond acceptors (Lipinski definition) is 3. The van der Waals surface area contributed by atoms with E-state index in [2.05, 4.69) is 0 Å². The predicted octanol–water partition coefficient (Wildman–Crippen LogP) is 5.88. The van der Waals surface area contributed by atoms with Crippen LogP contribution in [0.25, 0.3) is 0 Å². The summed E-state index contributed by atoms with van der Waals surface area (Å²) in [6.45, 7) is 0. The van der Waals surface area contributed by atoms with Gasteiger partial charge in [-0.2, -0.15) is 79.0 Å². The summed E-state index contributed by atoms with van der Waals surface area (Å²) in [7, 11) is -2.87. The van der Waals surface area contributed by atoms with Crippen LogP contribution in [0.4, 0.5) is 79.0 Å². The highest BCUT2D eigenvalue weighted by molar-refractivity contribution is 7.30. The second kappa shape index (κ2) is 9.89. The zero-order chi connectivity index (χ0) is 25.6. The largest absolute Gasteiger partial charge is 0.692 e. The van der Waals surface area contributed by atoms with Crippen molar-refractivity contribution >= 4 is 8.25 Å². The summed E-state index contributed by atoms with van der Waals surface area (Å²) in [4.78, 5) is 14.2. The standard InChI is InChI=1S/C8F18.2H3N.HO3P/c9-1(10,3(13,14)5(17,18)7(21,22)23)2(11,12)4(15,16)6(19,20)8(24,25)26;;;1-4(2)3/h;2*1H3;(H-,1,2,3)/p+1. The third-order valence-corrected chi connectivity index (χ3v) is 2.68. The summed E-state index contributed by atoms with van der Waals surface area (Å²) in [5, 5.41) is 0. The van der Waals surface area contributed by atoms with Gasteiger partial charge in [-0.25, -0.2) is 0 Å². The minimum atomic E-state index is -8.72. The van der Waals surface area contributed by atoms with E-state index < -0.39 is 56.1 Å². The summed E-state index contributed by atoms with van der Waals surface area (Å²) in [6.07, 6.45) is -15.6. The Balaban J connectivity index is -0.000000598. The molecule has 0 saturated carbocycles. The lowest BCUT2D eigenvalue weighted by Gasteiger charge is -2.41. The number of hydrogen-bond donors (Lipinski definition) is 4. The van der Waals surface area contributed by atoms with E-state index in [4.69, 9.17) is 14.4 Å². The Morgan fingerprint density at radius 3 is 0.562 bits per heavy atom. The summed E-state index contributed by atoms with van der Waals surface area (Å²) in [5.41, 5.74) is 0. The van der Waals surface area contributed by atoms with E-state index in [1.165, 1.54) is 0 Å². The lowest BCUT2D eigenvalue weighted by molar-refractivity contribution is -0.468. The smallest absolute Gasteiger partial charge is 0.344 e.